The van der Waals surface area contributed by atoms with Crippen LogP contribution < -0.4 is 11.3 Å². The Hall–Kier alpha value is -0.570. The van der Waals surface area contributed by atoms with Crippen molar-refractivity contribution in [1.82, 2.24) is 5.43 Å². The lowest BCUT2D eigenvalue weighted by Crippen LogP contribution is -2.29. The summed E-state index contributed by atoms with van der Waals surface area (Å²) in [5, 5.41) is 0. The van der Waals surface area contributed by atoms with Gasteiger partial charge in [-0.25, -0.2) is 5.84 Å². The molecule has 3 N–H and O–H groups in total. The van der Waals surface area contributed by atoms with Crippen molar-refractivity contribution in [1.29, 1.82) is 0 Å². The fourth-order valence-corrected chi connectivity index (χ4v) is 0.851. The molecule has 0 atom stereocenters. The summed E-state index contributed by atoms with van der Waals surface area (Å²) in [6.45, 7) is 6.48. The molecule has 0 saturated heterocycles. The maximum Gasteiger partial charge on any atom is 0.233 e. The molecule has 0 spiro atoms. The normalized spacial score (nSPS) is 11.3. The maximum absolute atomic E-state index is 10.7. The summed E-state index contributed by atoms with van der Waals surface area (Å²) in [7, 11) is 0. The van der Waals surface area contributed by atoms with Crippen LogP contribution in [-0.4, -0.2) is 5.91 Å². The van der Waals surface area contributed by atoms with E-state index >= 15 is 0 Å². The van der Waals surface area contributed by atoms with Crippen LogP contribution >= 0.6 is 0 Å². The highest BCUT2D eigenvalue weighted by Crippen LogP contribution is 2.21. The Bertz CT molecular complexity index is 127. The van der Waals surface area contributed by atoms with E-state index in [2.05, 4.69) is 26.2 Å². The Labute approximate surface area is 68.3 Å². The second kappa shape index (κ2) is 4.34. The molecular formula is C8H18N2O. The first-order chi connectivity index (χ1) is 4.95. The van der Waals surface area contributed by atoms with Gasteiger partial charge in [0.15, 0.2) is 0 Å². The Morgan fingerprint density at radius 3 is 2.36 bits per heavy atom. The molecule has 0 aromatic carbocycles. The van der Waals surface area contributed by atoms with E-state index in [0.29, 0.717) is 11.8 Å². The third kappa shape index (κ3) is 7.33. The van der Waals surface area contributed by atoms with E-state index in [1.165, 1.54) is 0 Å². The summed E-state index contributed by atoms with van der Waals surface area (Å²) in [6, 6.07) is 0. The summed E-state index contributed by atoms with van der Waals surface area (Å²) in [5.74, 6) is 4.85. The molecular weight excluding hydrogens is 140 g/mol. The molecule has 11 heavy (non-hydrogen) atoms. The van der Waals surface area contributed by atoms with Gasteiger partial charge in [-0.15, -0.1) is 0 Å². The molecule has 0 bridgehead atoms. The monoisotopic (exact) mass is 158 g/mol. The highest BCUT2D eigenvalue weighted by atomic mass is 16.2. The van der Waals surface area contributed by atoms with Crippen LogP contribution in [0.15, 0.2) is 0 Å². The van der Waals surface area contributed by atoms with E-state index in [0.717, 1.165) is 12.8 Å². The van der Waals surface area contributed by atoms with Crippen molar-refractivity contribution < 1.29 is 4.79 Å². The molecule has 0 saturated carbocycles. The van der Waals surface area contributed by atoms with Gasteiger partial charge in [0.05, 0.1) is 0 Å². The summed E-state index contributed by atoms with van der Waals surface area (Å²) in [5.41, 5.74) is 2.43. The Morgan fingerprint density at radius 2 is 2.00 bits per heavy atom. The molecule has 66 valence electrons. The van der Waals surface area contributed by atoms with Crippen LogP contribution in [0.4, 0.5) is 0 Å². The second-order valence-electron chi connectivity index (χ2n) is 3.98. The van der Waals surface area contributed by atoms with Crippen LogP contribution in [0.5, 0.6) is 0 Å². The van der Waals surface area contributed by atoms with E-state index in [1.807, 2.05) is 0 Å². The van der Waals surface area contributed by atoms with Crippen molar-refractivity contribution in [3.8, 4) is 0 Å². The molecule has 0 aromatic rings. The quantitative estimate of drug-likeness (QED) is 0.368. The van der Waals surface area contributed by atoms with Gasteiger partial charge < -0.3 is 0 Å². The average molecular weight is 158 g/mol. The van der Waals surface area contributed by atoms with Gasteiger partial charge in [0, 0.05) is 6.42 Å². The molecule has 0 rings (SSSR count). The van der Waals surface area contributed by atoms with E-state index in [9.17, 15) is 4.79 Å². The number of nitrogens with one attached hydrogen (secondary N) is 1. The van der Waals surface area contributed by atoms with Crippen LogP contribution in [0.25, 0.3) is 0 Å². The third-order valence-electron chi connectivity index (χ3n) is 1.49. The number of rotatable bonds is 3. The lowest BCUT2D eigenvalue weighted by atomic mass is 9.90. The van der Waals surface area contributed by atoms with Gasteiger partial charge in [-0.05, 0) is 18.3 Å². The first-order valence-electron chi connectivity index (χ1n) is 3.95. The predicted molar refractivity (Wildman–Crippen MR) is 45.6 cm³/mol. The second-order valence-corrected chi connectivity index (χ2v) is 3.98. The number of amides is 1. The van der Waals surface area contributed by atoms with Gasteiger partial charge >= 0.3 is 0 Å². The summed E-state index contributed by atoms with van der Waals surface area (Å²) >= 11 is 0. The summed E-state index contributed by atoms with van der Waals surface area (Å²) in [6.07, 6.45) is 2.50. The lowest BCUT2D eigenvalue weighted by molar-refractivity contribution is -0.121. The lowest BCUT2D eigenvalue weighted by Gasteiger charge is -2.16. The first kappa shape index (κ1) is 10.4. The Morgan fingerprint density at radius 1 is 1.45 bits per heavy atom. The van der Waals surface area contributed by atoms with Crippen molar-refractivity contribution in [2.24, 2.45) is 11.3 Å². The van der Waals surface area contributed by atoms with Crippen LogP contribution in [0.3, 0.4) is 0 Å². The molecule has 0 aliphatic carbocycles. The van der Waals surface area contributed by atoms with Crippen LogP contribution in [0.1, 0.15) is 40.0 Å². The minimum absolute atomic E-state index is 0.0748. The van der Waals surface area contributed by atoms with Crippen molar-refractivity contribution in [3.05, 3.63) is 0 Å². The maximum atomic E-state index is 10.7. The van der Waals surface area contributed by atoms with Crippen LogP contribution in [0.2, 0.25) is 0 Å². The van der Waals surface area contributed by atoms with Crippen molar-refractivity contribution in [3.63, 3.8) is 0 Å². The summed E-state index contributed by atoms with van der Waals surface area (Å²) < 4.78 is 0. The molecule has 0 aromatic heterocycles. The van der Waals surface area contributed by atoms with E-state index in [4.69, 9.17) is 5.84 Å². The van der Waals surface area contributed by atoms with Crippen molar-refractivity contribution >= 4 is 5.91 Å². The number of hydrazine groups is 1. The van der Waals surface area contributed by atoms with Crippen LogP contribution in [-0.2, 0) is 4.79 Å². The van der Waals surface area contributed by atoms with Crippen molar-refractivity contribution in [2.45, 2.75) is 40.0 Å². The minimum atomic E-state index is -0.0748. The highest BCUT2D eigenvalue weighted by Gasteiger charge is 2.10. The van der Waals surface area contributed by atoms with Gasteiger partial charge in [0.2, 0.25) is 5.91 Å². The summed E-state index contributed by atoms with van der Waals surface area (Å²) in [4.78, 5) is 10.7. The number of carbonyl (C=O) groups excluding carboxylic acids is 1. The fraction of sp³-hybridized carbons (Fsp3) is 0.875. The highest BCUT2D eigenvalue weighted by molar-refractivity contribution is 5.75. The smallest absolute Gasteiger partial charge is 0.233 e. The Balaban J connectivity index is 3.35. The van der Waals surface area contributed by atoms with Gasteiger partial charge in [-0.3, -0.25) is 10.2 Å². The van der Waals surface area contributed by atoms with Gasteiger partial charge in [-0.2, -0.15) is 0 Å². The largest absolute Gasteiger partial charge is 0.294 e. The van der Waals surface area contributed by atoms with Gasteiger partial charge in [0.25, 0.3) is 0 Å². The first-order valence-corrected chi connectivity index (χ1v) is 3.95. The molecule has 0 heterocycles. The molecule has 0 fully saturated rings. The molecule has 0 aliphatic rings. The average Bonchev–Trinajstić information content (AvgIpc) is 1.85. The minimum Gasteiger partial charge on any atom is -0.294 e. The van der Waals surface area contributed by atoms with Crippen LogP contribution in [0, 0.1) is 5.41 Å². The molecule has 0 aliphatic heterocycles. The number of carbonyl (C=O) groups is 1. The molecule has 3 heteroatoms. The predicted octanol–water partition coefficient (Wildman–Crippen LogP) is 1.19. The SMILES string of the molecule is CC(C)(C)CCCC(=O)NN. The third-order valence-corrected chi connectivity index (χ3v) is 1.49. The number of nitrogens with two attached hydrogens (primary N) is 1. The van der Waals surface area contributed by atoms with Gasteiger partial charge in [0.1, 0.15) is 0 Å². The van der Waals surface area contributed by atoms with E-state index in [-0.39, 0.29) is 5.91 Å². The molecule has 3 nitrogen and oxygen atoms in total. The van der Waals surface area contributed by atoms with E-state index in [1.54, 1.807) is 0 Å². The zero-order valence-corrected chi connectivity index (χ0v) is 7.61. The Kier molecular flexibility index (Phi) is 4.11. The standard InChI is InChI=1S/C8H18N2O/c1-8(2,3)6-4-5-7(11)10-9/h4-6,9H2,1-3H3,(H,10,11). The fourth-order valence-electron chi connectivity index (χ4n) is 0.851. The molecule has 0 unspecified atom stereocenters. The topological polar surface area (TPSA) is 55.1 Å². The number of hydrogen-bond donors (Lipinski definition) is 2. The van der Waals surface area contributed by atoms with Crippen molar-refractivity contribution in [2.75, 3.05) is 0 Å². The molecule has 0 radical (unpaired) electrons. The molecule has 1 amide bonds. The van der Waals surface area contributed by atoms with E-state index < -0.39 is 0 Å². The zero-order valence-electron chi connectivity index (χ0n) is 7.61. The van der Waals surface area contributed by atoms with Gasteiger partial charge in [-0.1, -0.05) is 20.8 Å². The zero-order chi connectivity index (χ0) is 8.91. The number of hydrogen-bond acceptors (Lipinski definition) is 2.